The van der Waals surface area contributed by atoms with Crippen molar-refractivity contribution in [2.24, 2.45) is 0 Å². The summed E-state index contributed by atoms with van der Waals surface area (Å²) < 4.78 is 5.38. The number of H-pyrrole nitrogens is 1. The molecule has 5 nitrogen and oxygen atoms in total. The number of ether oxygens (including phenoxy) is 1. The first-order valence-corrected chi connectivity index (χ1v) is 7.62. The Morgan fingerprint density at radius 3 is 2.77 bits per heavy atom. The first-order chi connectivity index (χ1) is 10.5. The smallest absolute Gasteiger partial charge is 0.349 e. The highest BCUT2D eigenvalue weighted by Gasteiger charge is 2.17. The maximum Gasteiger partial charge on any atom is 0.349 e. The molecule has 22 heavy (non-hydrogen) atoms. The van der Waals surface area contributed by atoms with E-state index in [9.17, 15) is 9.59 Å². The monoisotopic (exact) mass is 314 g/mol. The van der Waals surface area contributed by atoms with Crippen LogP contribution < -0.4 is 5.56 Å². The fourth-order valence-corrected chi connectivity index (χ4v) is 2.87. The Balaban J connectivity index is 1.87. The number of hydrogen-bond donors (Lipinski definition) is 1. The lowest BCUT2D eigenvalue weighted by Crippen LogP contribution is -2.17. The van der Waals surface area contributed by atoms with Crippen molar-refractivity contribution < 1.29 is 9.53 Å². The van der Waals surface area contributed by atoms with Gasteiger partial charge in [0.05, 0.1) is 10.9 Å². The quantitative estimate of drug-likeness (QED) is 0.753. The number of nitrogens with one attached hydrogen (secondary N) is 1. The Labute approximate surface area is 130 Å². The van der Waals surface area contributed by atoms with E-state index in [0.717, 1.165) is 4.88 Å². The van der Waals surface area contributed by atoms with E-state index in [1.807, 2.05) is 19.1 Å². The highest BCUT2D eigenvalue weighted by atomic mass is 32.1. The maximum absolute atomic E-state index is 12.1. The molecule has 3 aromatic rings. The Morgan fingerprint density at radius 1 is 1.27 bits per heavy atom. The van der Waals surface area contributed by atoms with E-state index in [4.69, 9.17) is 4.74 Å². The second kappa shape index (κ2) is 5.73. The molecule has 112 valence electrons. The summed E-state index contributed by atoms with van der Waals surface area (Å²) >= 11 is 1.37. The van der Waals surface area contributed by atoms with Gasteiger partial charge in [0.2, 0.25) is 0 Å². The number of carbonyl (C=O) groups is 1. The van der Waals surface area contributed by atoms with Crippen LogP contribution in [0.1, 0.15) is 33.4 Å². The van der Waals surface area contributed by atoms with Gasteiger partial charge in [-0.25, -0.2) is 9.78 Å². The highest BCUT2D eigenvalue weighted by Crippen LogP contribution is 2.20. The van der Waals surface area contributed by atoms with Gasteiger partial charge >= 0.3 is 5.97 Å². The third-order valence-corrected chi connectivity index (χ3v) is 4.22. The number of aromatic nitrogens is 2. The number of rotatable bonds is 3. The number of aryl methyl sites for hydroxylation is 1. The van der Waals surface area contributed by atoms with E-state index in [1.54, 1.807) is 31.2 Å². The van der Waals surface area contributed by atoms with E-state index < -0.39 is 12.1 Å². The summed E-state index contributed by atoms with van der Waals surface area (Å²) in [6.45, 7) is 3.61. The lowest BCUT2D eigenvalue weighted by Gasteiger charge is -2.12. The molecule has 0 spiro atoms. The molecule has 0 unspecified atom stereocenters. The van der Waals surface area contributed by atoms with Gasteiger partial charge in [-0.2, -0.15) is 0 Å². The molecule has 0 fully saturated rings. The molecule has 0 aliphatic rings. The van der Waals surface area contributed by atoms with E-state index in [-0.39, 0.29) is 5.56 Å². The molecule has 0 saturated carbocycles. The minimum absolute atomic E-state index is 0.240. The van der Waals surface area contributed by atoms with Crippen LogP contribution in [0.2, 0.25) is 0 Å². The van der Waals surface area contributed by atoms with Crippen molar-refractivity contribution in [1.82, 2.24) is 9.97 Å². The number of carbonyl (C=O) groups excluding carboxylic acids is 1. The molecule has 0 aliphatic carbocycles. The van der Waals surface area contributed by atoms with Crippen molar-refractivity contribution in [1.29, 1.82) is 0 Å². The molecular weight excluding hydrogens is 300 g/mol. The van der Waals surface area contributed by atoms with Crippen LogP contribution in [0.15, 0.2) is 41.2 Å². The molecule has 1 aromatic carbocycles. The summed E-state index contributed by atoms with van der Waals surface area (Å²) in [5.41, 5.74) is 0.339. The zero-order valence-electron chi connectivity index (χ0n) is 12.1. The van der Waals surface area contributed by atoms with Gasteiger partial charge in [-0.3, -0.25) is 4.79 Å². The molecule has 2 heterocycles. The van der Waals surface area contributed by atoms with Crippen molar-refractivity contribution in [3.05, 3.63) is 62.3 Å². The van der Waals surface area contributed by atoms with Crippen LogP contribution in [0.25, 0.3) is 10.9 Å². The van der Waals surface area contributed by atoms with Crippen molar-refractivity contribution in [3.63, 3.8) is 0 Å². The first-order valence-electron chi connectivity index (χ1n) is 6.81. The standard InChI is InChI=1S/C16H14N2O3S/c1-9-7-8-13(22-9)16(20)21-10(2)14-17-12-6-4-3-5-11(12)15(19)18-14/h3-8,10H,1-2H3,(H,17,18,19)/t10-/m1/s1. The Hall–Kier alpha value is -2.47. The summed E-state index contributed by atoms with van der Waals surface area (Å²) in [7, 11) is 0. The van der Waals surface area contributed by atoms with Crippen molar-refractivity contribution >= 4 is 28.2 Å². The Morgan fingerprint density at radius 2 is 2.05 bits per heavy atom. The average Bonchev–Trinajstić information content (AvgIpc) is 2.94. The molecule has 6 heteroatoms. The van der Waals surface area contributed by atoms with E-state index in [2.05, 4.69) is 9.97 Å². The predicted molar refractivity (Wildman–Crippen MR) is 85.3 cm³/mol. The summed E-state index contributed by atoms with van der Waals surface area (Å²) in [4.78, 5) is 32.7. The lowest BCUT2D eigenvalue weighted by atomic mass is 10.2. The van der Waals surface area contributed by atoms with Gasteiger partial charge in [0, 0.05) is 4.88 Å². The predicted octanol–water partition coefficient (Wildman–Crippen LogP) is 3.21. The number of thiophene rings is 1. The molecule has 1 N–H and O–H groups in total. The van der Waals surface area contributed by atoms with Crippen LogP contribution >= 0.6 is 11.3 Å². The SMILES string of the molecule is Cc1ccc(C(=O)O[C@H](C)c2nc3ccccc3c(=O)[nH]2)s1. The number of hydrogen-bond acceptors (Lipinski definition) is 5. The molecule has 1 atom stereocenters. The Kier molecular flexibility index (Phi) is 3.77. The fraction of sp³-hybridized carbons (Fsp3) is 0.188. The van der Waals surface area contributed by atoms with Gasteiger partial charge in [0.25, 0.3) is 5.56 Å². The van der Waals surface area contributed by atoms with Crippen LogP contribution in [0, 0.1) is 6.92 Å². The largest absolute Gasteiger partial charge is 0.450 e. The van der Waals surface area contributed by atoms with Gasteiger partial charge in [-0.15, -0.1) is 11.3 Å². The topological polar surface area (TPSA) is 72.0 Å². The van der Waals surface area contributed by atoms with Crippen LogP contribution in [0.4, 0.5) is 0 Å². The number of esters is 1. The third kappa shape index (κ3) is 2.78. The zero-order chi connectivity index (χ0) is 15.7. The van der Waals surface area contributed by atoms with E-state index in [1.165, 1.54) is 11.3 Å². The van der Waals surface area contributed by atoms with Crippen LogP contribution in [-0.4, -0.2) is 15.9 Å². The lowest BCUT2D eigenvalue weighted by molar-refractivity contribution is 0.0326. The molecule has 3 rings (SSSR count). The normalized spacial score (nSPS) is 12.3. The van der Waals surface area contributed by atoms with Gasteiger partial charge < -0.3 is 9.72 Å². The first kappa shape index (κ1) is 14.5. The second-order valence-corrected chi connectivity index (χ2v) is 6.21. The Bertz CT molecular complexity index is 898. The third-order valence-electron chi connectivity index (χ3n) is 3.24. The summed E-state index contributed by atoms with van der Waals surface area (Å²) in [6, 6.07) is 10.6. The number of nitrogens with zero attached hydrogens (tertiary/aromatic N) is 1. The van der Waals surface area contributed by atoms with Crippen molar-refractivity contribution in [2.45, 2.75) is 20.0 Å². The van der Waals surface area contributed by atoms with Gasteiger partial charge in [-0.05, 0) is 38.1 Å². The summed E-state index contributed by atoms with van der Waals surface area (Å²) in [6.07, 6.45) is -0.632. The minimum Gasteiger partial charge on any atom is -0.450 e. The van der Waals surface area contributed by atoms with Gasteiger partial charge in [-0.1, -0.05) is 12.1 Å². The number of benzene rings is 1. The maximum atomic E-state index is 12.1. The van der Waals surface area contributed by atoms with Crippen LogP contribution in [-0.2, 0) is 4.74 Å². The van der Waals surface area contributed by atoms with Crippen LogP contribution in [0.5, 0.6) is 0 Å². The number of fused-ring (bicyclic) bond motifs is 1. The van der Waals surface area contributed by atoms with Crippen molar-refractivity contribution in [3.8, 4) is 0 Å². The zero-order valence-corrected chi connectivity index (χ0v) is 12.9. The summed E-state index contributed by atoms with van der Waals surface area (Å²) in [5.74, 6) is -0.0771. The van der Waals surface area contributed by atoms with E-state index >= 15 is 0 Å². The number of aromatic amines is 1. The fourth-order valence-electron chi connectivity index (χ4n) is 2.12. The molecule has 0 saturated heterocycles. The van der Waals surface area contributed by atoms with Crippen LogP contribution in [0.3, 0.4) is 0 Å². The van der Waals surface area contributed by atoms with Gasteiger partial charge in [0.15, 0.2) is 11.9 Å². The highest BCUT2D eigenvalue weighted by molar-refractivity contribution is 7.13. The molecule has 0 amide bonds. The molecule has 0 bridgehead atoms. The molecular formula is C16H14N2O3S. The molecule has 2 aromatic heterocycles. The number of para-hydroxylation sites is 1. The average molecular weight is 314 g/mol. The van der Waals surface area contributed by atoms with E-state index in [0.29, 0.717) is 21.6 Å². The summed E-state index contributed by atoms with van der Waals surface area (Å²) in [5, 5.41) is 0.513. The molecule has 0 aliphatic heterocycles. The van der Waals surface area contributed by atoms with Crippen molar-refractivity contribution in [2.75, 3.05) is 0 Å². The second-order valence-electron chi connectivity index (χ2n) is 4.93. The minimum atomic E-state index is -0.632. The van der Waals surface area contributed by atoms with Gasteiger partial charge in [0.1, 0.15) is 4.88 Å². The molecule has 0 radical (unpaired) electrons.